The molecule has 1 saturated carbocycles. The molecule has 0 spiro atoms. The number of nitrogens with zero attached hydrogens (tertiary/aromatic N) is 2. The van der Waals surface area contributed by atoms with Gasteiger partial charge in [-0.05, 0) is 52.9 Å². The smallest absolute Gasteiger partial charge is 0.294 e. The highest BCUT2D eigenvalue weighted by molar-refractivity contribution is 6.74. The van der Waals surface area contributed by atoms with Crippen LogP contribution >= 0.6 is 0 Å². The van der Waals surface area contributed by atoms with Crippen molar-refractivity contribution in [3.05, 3.63) is 106 Å². The second kappa shape index (κ2) is 13.3. The Morgan fingerprint density at radius 1 is 0.978 bits per heavy atom. The number of rotatable bonds is 11. The van der Waals surface area contributed by atoms with Gasteiger partial charge in [0.15, 0.2) is 14.0 Å². The number of amides is 1. The first-order valence-electron chi connectivity index (χ1n) is 16.1. The number of hydrogen-bond acceptors (Lipinski definition) is 5. The fourth-order valence-corrected chi connectivity index (χ4v) is 7.17. The van der Waals surface area contributed by atoms with Crippen LogP contribution in [0.25, 0.3) is 10.8 Å². The zero-order chi connectivity index (χ0) is 32.2. The van der Waals surface area contributed by atoms with Gasteiger partial charge in [0.05, 0.1) is 6.61 Å². The maximum Gasteiger partial charge on any atom is 0.294 e. The summed E-state index contributed by atoms with van der Waals surface area (Å²) in [4.78, 5) is 37.1. The molecule has 0 aliphatic heterocycles. The van der Waals surface area contributed by atoms with E-state index in [9.17, 15) is 9.59 Å². The summed E-state index contributed by atoms with van der Waals surface area (Å²) >= 11 is 0. The van der Waals surface area contributed by atoms with Gasteiger partial charge in [-0.25, -0.2) is 4.98 Å². The lowest BCUT2D eigenvalue weighted by Crippen LogP contribution is -2.43. The standard InChI is InChI=1S/C37H47N3O4Si/c1-36(2,3)45(5,6)44-24-23-40(4)35(42)32-33(43-26-27-15-8-7-9-16-27)34(41)39-31(38-32)25-37(21-12-13-22-37)30-20-14-18-28-17-10-11-19-29(28)30/h7-11,14-20H,12-13,21-26H2,1-6H3,(H,38,39,41). The molecule has 1 N–H and O–H groups in total. The predicted molar refractivity (Wildman–Crippen MR) is 184 cm³/mol. The molecule has 1 aromatic heterocycles. The third-order valence-corrected chi connectivity index (χ3v) is 14.4. The van der Waals surface area contributed by atoms with E-state index in [4.69, 9.17) is 14.1 Å². The Balaban J connectivity index is 1.47. The first-order valence-corrected chi connectivity index (χ1v) is 19.0. The van der Waals surface area contributed by atoms with Crippen molar-refractivity contribution >= 4 is 25.0 Å². The molecule has 1 heterocycles. The number of likely N-dealkylation sites (N-methyl/N-ethyl adjacent to an activating group) is 1. The predicted octanol–water partition coefficient (Wildman–Crippen LogP) is 7.65. The van der Waals surface area contributed by atoms with Crippen LogP contribution in [-0.4, -0.2) is 49.3 Å². The number of nitrogens with one attached hydrogen (secondary N) is 1. The van der Waals surface area contributed by atoms with Gasteiger partial charge >= 0.3 is 0 Å². The third kappa shape index (κ3) is 7.23. The van der Waals surface area contributed by atoms with E-state index < -0.39 is 13.9 Å². The maximum absolute atomic E-state index is 14.0. The molecule has 1 aliphatic carbocycles. The highest BCUT2D eigenvalue weighted by atomic mass is 28.4. The summed E-state index contributed by atoms with van der Waals surface area (Å²) in [5.74, 6) is 0.112. The molecule has 1 fully saturated rings. The fraction of sp³-hybridized carbons (Fsp3) is 0.432. The molecule has 5 rings (SSSR count). The second-order valence-corrected chi connectivity index (χ2v) is 18.8. The van der Waals surface area contributed by atoms with Crippen molar-refractivity contribution in [1.82, 2.24) is 14.9 Å². The summed E-state index contributed by atoms with van der Waals surface area (Å²) in [5, 5.41) is 2.49. The Labute approximate surface area is 268 Å². The van der Waals surface area contributed by atoms with E-state index in [-0.39, 0.29) is 34.4 Å². The second-order valence-electron chi connectivity index (χ2n) is 14.0. The van der Waals surface area contributed by atoms with E-state index in [1.165, 1.54) is 16.3 Å². The maximum atomic E-state index is 14.0. The van der Waals surface area contributed by atoms with Crippen LogP contribution in [0.5, 0.6) is 5.75 Å². The van der Waals surface area contributed by atoms with Gasteiger partial charge in [-0.3, -0.25) is 9.59 Å². The number of aromatic nitrogens is 2. The van der Waals surface area contributed by atoms with Crippen molar-refractivity contribution in [3.63, 3.8) is 0 Å². The largest absolute Gasteiger partial charge is 0.481 e. The molecule has 0 saturated heterocycles. The molecule has 45 heavy (non-hydrogen) atoms. The number of hydrogen-bond donors (Lipinski definition) is 1. The average Bonchev–Trinajstić information content (AvgIpc) is 3.48. The minimum atomic E-state index is -1.98. The molecule has 238 valence electrons. The molecule has 0 unspecified atom stereocenters. The lowest BCUT2D eigenvalue weighted by molar-refractivity contribution is 0.0757. The number of carbonyl (C=O) groups is 1. The number of H-pyrrole nitrogens is 1. The first-order chi connectivity index (χ1) is 21.4. The number of ether oxygens (including phenoxy) is 1. The molecular formula is C37H47N3O4Si. The van der Waals surface area contributed by atoms with Crippen LogP contribution in [0, 0.1) is 0 Å². The monoisotopic (exact) mass is 625 g/mol. The van der Waals surface area contributed by atoms with Crippen LogP contribution < -0.4 is 10.3 Å². The molecule has 0 radical (unpaired) electrons. The van der Waals surface area contributed by atoms with E-state index >= 15 is 0 Å². The van der Waals surface area contributed by atoms with Crippen molar-refractivity contribution in [1.29, 1.82) is 0 Å². The van der Waals surface area contributed by atoms with Crippen LogP contribution in [0.4, 0.5) is 0 Å². The minimum Gasteiger partial charge on any atom is -0.481 e. The average molecular weight is 626 g/mol. The quantitative estimate of drug-likeness (QED) is 0.173. The highest BCUT2D eigenvalue weighted by Gasteiger charge is 2.39. The zero-order valence-electron chi connectivity index (χ0n) is 27.6. The SMILES string of the molecule is CN(CCO[Si](C)(C)C(C)(C)C)C(=O)c1nc(CC2(c3cccc4ccccc34)CCCC2)[nH]c(=O)c1OCc1ccccc1. The Bertz CT molecular complexity index is 1680. The molecule has 8 heteroatoms. The summed E-state index contributed by atoms with van der Waals surface area (Å²) in [7, 11) is -0.248. The lowest BCUT2D eigenvalue weighted by Gasteiger charge is -2.36. The fourth-order valence-electron chi connectivity index (χ4n) is 6.14. The summed E-state index contributed by atoms with van der Waals surface area (Å²) in [6.07, 6.45) is 4.73. The number of aromatic amines is 1. The molecule has 3 aromatic carbocycles. The van der Waals surface area contributed by atoms with E-state index in [0.717, 1.165) is 31.2 Å². The molecule has 4 aromatic rings. The topological polar surface area (TPSA) is 84.5 Å². The van der Waals surface area contributed by atoms with Crippen LogP contribution in [0.2, 0.25) is 18.1 Å². The normalized spacial score (nSPS) is 14.9. The van der Waals surface area contributed by atoms with Gasteiger partial charge < -0.3 is 19.0 Å². The van der Waals surface area contributed by atoms with Crippen molar-refractivity contribution in [3.8, 4) is 5.75 Å². The van der Waals surface area contributed by atoms with Gasteiger partial charge in [-0.2, -0.15) is 0 Å². The van der Waals surface area contributed by atoms with Gasteiger partial charge in [0.2, 0.25) is 5.75 Å². The molecule has 0 atom stereocenters. The van der Waals surface area contributed by atoms with E-state index in [0.29, 0.717) is 25.4 Å². The Morgan fingerprint density at radius 3 is 2.36 bits per heavy atom. The Morgan fingerprint density at radius 2 is 1.64 bits per heavy atom. The molecule has 1 amide bonds. The van der Waals surface area contributed by atoms with Crippen molar-refractivity contribution in [2.24, 2.45) is 0 Å². The van der Waals surface area contributed by atoms with Crippen molar-refractivity contribution in [2.75, 3.05) is 20.2 Å². The van der Waals surface area contributed by atoms with Crippen LogP contribution in [0.1, 0.15) is 73.9 Å². The van der Waals surface area contributed by atoms with Gasteiger partial charge in [0, 0.05) is 25.4 Å². The number of fused-ring (bicyclic) bond motifs is 1. The third-order valence-electron chi connectivity index (χ3n) is 9.82. The molecule has 7 nitrogen and oxygen atoms in total. The summed E-state index contributed by atoms with van der Waals surface area (Å²) < 4.78 is 12.4. The van der Waals surface area contributed by atoms with Crippen LogP contribution in [0.15, 0.2) is 77.6 Å². The van der Waals surface area contributed by atoms with E-state index in [1.54, 1.807) is 11.9 Å². The zero-order valence-corrected chi connectivity index (χ0v) is 28.6. The summed E-state index contributed by atoms with van der Waals surface area (Å²) in [6.45, 7) is 11.9. The summed E-state index contributed by atoms with van der Waals surface area (Å²) in [6, 6.07) is 24.5. The Kier molecular flexibility index (Phi) is 9.65. The molecule has 1 aliphatic rings. The van der Waals surface area contributed by atoms with Crippen LogP contribution in [-0.2, 0) is 22.9 Å². The molecule has 0 bridgehead atoms. The van der Waals surface area contributed by atoms with Crippen LogP contribution in [0.3, 0.4) is 0 Å². The number of carbonyl (C=O) groups excluding carboxylic acids is 1. The van der Waals surface area contributed by atoms with Gasteiger partial charge in [0.25, 0.3) is 11.5 Å². The van der Waals surface area contributed by atoms with Gasteiger partial charge in [0.1, 0.15) is 12.4 Å². The van der Waals surface area contributed by atoms with E-state index in [1.807, 2.05) is 30.3 Å². The highest BCUT2D eigenvalue weighted by Crippen LogP contribution is 2.45. The van der Waals surface area contributed by atoms with Crippen molar-refractivity contribution < 1.29 is 14.0 Å². The number of benzene rings is 3. The molecular weight excluding hydrogens is 579 g/mol. The Hall–Kier alpha value is -3.75. The lowest BCUT2D eigenvalue weighted by atomic mass is 9.74. The van der Waals surface area contributed by atoms with E-state index in [2.05, 4.69) is 81.3 Å². The van der Waals surface area contributed by atoms with Crippen molar-refractivity contribution in [2.45, 2.75) is 83.0 Å². The summed E-state index contributed by atoms with van der Waals surface area (Å²) in [5.41, 5.74) is 1.60. The first kappa shape index (κ1) is 32.6. The minimum absolute atomic E-state index is 0.0459. The van der Waals surface area contributed by atoms with Gasteiger partial charge in [-0.1, -0.05) is 106 Å². The van der Waals surface area contributed by atoms with Gasteiger partial charge in [-0.15, -0.1) is 0 Å².